The lowest BCUT2D eigenvalue weighted by atomic mass is 10.1. The summed E-state index contributed by atoms with van der Waals surface area (Å²) in [5.41, 5.74) is 9.17. The molecule has 2 rings (SSSR count). The molecule has 21 heavy (non-hydrogen) atoms. The van der Waals surface area contributed by atoms with Crippen LogP contribution in [-0.2, 0) is 10.0 Å². The Hall–Kier alpha value is -1.72. The summed E-state index contributed by atoms with van der Waals surface area (Å²) >= 11 is 6.01. The van der Waals surface area contributed by atoms with Gasteiger partial charge >= 0.3 is 0 Å². The smallest absolute Gasteiger partial charge is 0.263 e. The minimum absolute atomic E-state index is 0.0716. The summed E-state index contributed by atoms with van der Waals surface area (Å²) in [6.07, 6.45) is 0. The van der Waals surface area contributed by atoms with Crippen LogP contribution in [0.25, 0.3) is 0 Å². The first-order chi connectivity index (χ1) is 9.70. The molecule has 6 heteroatoms. The van der Waals surface area contributed by atoms with Crippen molar-refractivity contribution < 1.29 is 8.42 Å². The first-order valence-electron chi connectivity index (χ1n) is 6.36. The predicted octanol–water partition coefficient (Wildman–Crippen LogP) is 3.65. The summed E-state index contributed by atoms with van der Waals surface area (Å²) in [5, 5.41) is 0.503. The van der Waals surface area contributed by atoms with Crippen molar-refractivity contribution in [2.24, 2.45) is 0 Å². The van der Waals surface area contributed by atoms with E-state index in [2.05, 4.69) is 4.72 Å². The highest BCUT2D eigenvalue weighted by molar-refractivity contribution is 7.92. The third-order valence-electron chi connectivity index (χ3n) is 3.34. The monoisotopic (exact) mass is 324 g/mol. The van der Waals surface area contributed by atoms with Gasteiger partial charge in [0.05, 0.1) is 11.4 Å². The van der Waals surface area contributed by atoms with Crippen LogP contribution in [0.2, 0.25) is 5.02 Å². The Morgan fingerprint density at radius 3 is 2.24 bits per heavy atom. The fourth-order valence-corrected chi connectivity index (χ4v) is 3.34. The van der Waals surface area contributed by atoms with Crippen LogP contribution in [0, 0.1) is 20.8 Å². The van der Waals surface area contributed by atoms with Gasteiger partial charge in [-0.1, -0.05) is 17.7 Å². The maximum atomic E-state index is 12.4. The van der Waals surface area contributed by atoms with E-state index in [9.17, 15) is 8.42 Å². The molecule has 0 aliphatic rings. The Kier molecular flexibility index (Phi) is 4.16. The van der Waals surface area contributed by atoms with Gasteiger partial charge in [-0.15, -0.1) is 0 Å². The number of hydrogen-bond acceptors (Lipinski definition) is 3. The molecule has 0 atom stereocenters. The lowest BCUT2D eigenvalue weighted by molar-refractivity contribution is 0.601. The number of nitrogens with two attached hydrogens (primary N) is 1. The van der Waals surface area contributed by atoms with Gasteiger partial charge in [0, 0.05) is 5.02 Å². The van der Waals surface area contributed by atoms with Crippen LogP contribution in [0.15, 0.2) is 35.2 Å². The second-order valence-corrected chi connectivity index (χ2v) is 7.10. The SMILES string of the molecule is Cc1cc(N)c(S(=O)(=O)Nc2ccc(C)c(Cl)c2)cc1C. The molecule has 0 saturated carbocycles. The lowest BCUT2D eigenvalue weighted by Crippen LogP contribution is -2.15. The third kappa shape index (κ3) is 3.31. The summed E-state index contributed by atoms with van der Waals surface area (Å²) < 4.78 is 27.4. The molecular formula is C15H17ClN2O2S. The molecule has 0 fully saturated rings. The number of nitrogens with one attached hydrogen (secondary N) is 1. The Balaban J connectivity index is 2.43. The average molecular weight is 325 g/mol. The van der Waals surface area contributed by atoms with E-state index in [1.54, 1.807) is 30.3 Å². The van der Waals surface area contributed by atoms with E-state index < -0.39 is 10.0 Å². The van der Waals surface area contributed by atoms with Crippen LogP contribution in [-0.4, -0.2) is 8.42 Å². The molecule has 0 radical (unpaired) electrons. The predicted molar refractivity (Wildman–Crippen MR) is 87.3 cm³/mol. The number of benzene rings is 2. The van der Waals surface area contributed by atoms with E-state index >= 15 is 0 Å². The first-order valence-corrected chi connectivity index (χ1v) is 8.22. The van der Waals surface area contributed by atoms with E-state index in [1.165, 1.54) is 0 Å². The quantitative estimate of drug-likeness (QED) is 0.846. The molecule has 2 aromatic rings. The largest absolute Gasteiger partial charge is 0.398 e. The molecule has 0 amide bonds. The van der Waals surface area contributed by atoms with Crippen molar-refractivity contribution in [2.45, 2.75) is 25.7 Å². The van der Waals surface area contributed by atoms with Crippen molar-refractivity contribution in [2.75, 3.05) is 10.5 Å². The number of aryl methyl sites for hydroxylation is 3. The first kappa shape index (κ1) is 15.7. The minimum Gasteiger partial charge on any atom is -0.398 e. The van der Waals surface area contributed by atoms with Gasteiger partial charge in [0.2, 0.25) is 0 Å². The third-order valence-corrected chi connectivity index (χ3v) is 5.18. The van der Waals surface area contributed by atoms with E-state index in [-0.39, 0.29) is 10.6 Å². The van der Waals surface area contributed by atoms with E-state index in [1.807, 2.05) is 20.8 Å². The molecule has 0 aromatic heterocycles. The van der Waals surface area contributed by atoms with Gasteiger partial charge in [-0.25, -0.2) is 8.42 Å². The fourth-order valence-electron chi connectivity index (χ4n) is 1.91. The number of rotatable bonds is 3. The topological polar surface area (TPSA) is 72.2 Å². The normalized spacial score (nSPS) is 11.4. The average Bonchev–Trinajstić information content (AvgIpc) is 2.37. The molecular weight excluding hydrogens is 308 g/mol. The van der Waals surface area contributed by atoms with Crippen molar-refractivity contribution in [3.63, 3.8) is 0 Å². The Labute approximate surface area is 130 Å². The summed E-state index contributed by atoms with van der Waals surface area (Å²) in [4.78, 5) is 0.0716. The maximum absolute atomic E-state index is 12.4. The van der Waals surface area contributed by atoms with Crippen molar-refractivity contribution in [3.8, 4) is 0 Å². The number of anilines is 2. The number of hydrogen-bond donors (Lipinski definition) is 2. The fraction of sp³-hybridized carbons (Fsp3) is 0.200. The summed E-state index contributed by atoms with van der Waals surface area (Å²) in [6, 6.07) is 8.22. The van der Waals surface area contributed by atoms with Gasteiger partial charge in [-0.2, -0.15) is 0 Å². The molecule has 0 aliphatic carbocycles. The van der Waals surface area contributed by atoms with Crippen molar-refractivity contribution in [1.29, 1.82) is 0 Å². The second kappa shape index (κ2) is 5.58. The standard InChI is InChI=1S/C15H17ClN2O2S/c1-9-4-5-12(8-13(9)16)18-21(19,20)15-7-11(3)10(2)6-14(15)17/h4-8,18H,17H2,1-3H3. The molecule has 0 aliphatic heterocycles. The van der Waals surface area contributed by atoms with Crippen LogP contribution in [0.3, 0.4) is 0 Å². The zero-order valence-corrected chi connectivity index (χ0v) is 13.6. The molecule has 0 saturated heterocycles. The molecule has 0 unspecified atom stereocenters. The van der Waals surface area contributed by atoms with Crippen molar-refractivity contribution >= 4 is 33.0 Å². The van der Waals surface area contributed by atoms with Crippen LogP contribution in [0.5, 0.6) is 0 Å². The lowest BCUT2D eigenvalue weighted by Gasteiger charge is -2.13. The summed E-state index contributed by atoms with van der Waals surface area (Å²) in [6.45, 7) is 5.58. The highest BCUT2D eigenvalue weighted by Crippen LogP contribution is 2.26. The Morgan fingerprint density at radius 1 is 1.00 bits per heavy atom. The molecule has 2 aromatic carbocycles. The molecule has 4 nitrogen and oxygen atoms in total. The minimum atomic E-state index is -3.75. The Bertz CT molecular complexity index is 802. The molecule has 0 heterocycles. The number of sulfonamides is 1. The van der Waals surface area contributed by atoms with Gasteiger partial charge in [0.1, 0.15) is 4.90 Å². The number of nitrogen functional groups attached to an aromatic ring is 1. The Morgan fingerprint density at radius 2 is 1.62 bits per heavy atom. The summed E-state index contributed by atoms with van der Waals surface area (Å²) in [5.74, 6) is 0. The zero-order chi connectivity index (χ0) is 15.8. The van der Waals surface area contributed by atoms with E-state index in [0.717, 1.165) is 16.7 Å². The molecule has 0 bridgehead atoms. The highest BCUT2D eigenvalue weighted by atomic mass is 35.5. The van der Waals surface area contributed by atoms with Gasteiger partial charge in [-0.05, 0) is 61.7 Å². The van der Waals surface area contributed by atoms with Crippen molar-refractivity contribution in [1.82, 2.24) is 0 Å². The van der Waals surface area contributed by atoms with Gasteiger partial charge in [0.25, 0.3) is 10.0 Å². The van der Waals surface area contributed by atoms with E-state index in [0.29, 0.717) is 10.7 Å². The molecule has 0 spiro atoms. The van der Waals surface area contributed by atoms with E-state index in [4.69, 9.17) is 17.3 Å². The number of halogens is 1. The highest BCUT2D eigenvalue weighted by Gasteiger charge is 2.19. The van der Waals surface area contributed by atoms with Crippen LogP contribution in [0.4, 0.5) is 11.4 Å². The van der Waals surface area contributed by atoms with Crippen LogP contribution >= 0.6 is 11.6 Å². The van der Waals surface area contributed by atoms with Crippen molar-refractivity contribution in [3.05, 3.63) is 52.0 Å². The molecule has 112 valence electrons. The second-order valence-electron chi connectivity index (χ2n) is 5.04. The molecule has 3 N–H and O–H groups in total. The zero-order valence-electron chi connectivity index (χ0n) is 12.1. The van der Waals surface area contributed by atoms with Gasteiger partial charge in [0.15, 0.2) is 0 Å². The maximum Gasteiger partial charge on any atom is 0.263 e. The van der Waals surface area contributed by atoms with Crippen LogP contribution < -0.4 is 10.5 Å². The van der Waals surface area contributed by atoms with Gasteiger partial charge in [-0.3, -0.25) is 4.72 Å². The summed E-state index contributed by atoms with van der Waals surface area (Å²) in [7, 11) is -3.75. The van der Waals surface area contributed by atoms with Gasteiger partial charge < -0.3 is 5.73 Å². The van der Waals surface area contributed by atoms with Crippen LogP contribution in [0.1, 0.15) is 16.7 Å².